The van der Waals surface area contributed by atoms with E-state index >= 15 is 0 Å². The lowest BCUT2D eigenvalue weighted by Gasteiger charge is -2.28. The van der Waals surface area contributed by atoms with Crippen LogP contribution < -0.4 is 0 Å². The van der Waals surface area contributed by atoms with E-state index in [4.69, 9.17) is 4.74 Å². The summed E-state index contributed by atoms with van der Waals surface area (Å²) in [5.74, 6) is -0.0106. The fourth-order valence-electron chi connectivity index (χ4n) is 3.70. The van der Waals surface area contributed by atoms with E-state index in [0.717, 1.165) is 32.1 Å². The van der Waals surface area contributed by atoms with E-state index in [1.54, 1.807) is 0 Å². The second kappa shape index (κ2) is 9.25. The maximum Gasteiger partial charge on any atom is 0.417 e. The lowest BCUT2D eigenvalue weighted by atomic mass is 9.98. The number of imide groups is 1. The van der Waals surface area contributed by atoms with Gasteiger partial charge in [0.2, 0.25) is 5.91 Å². The molecule has 27 heavy (non-hydrogen) atoms. The van der Waals surface area contributed by atoms with Gasteiger partial charge in [-0.25, -0.2) is 9.69 Å². The highest BCUT2D eigenvalue weighted by molar-refractivity contribution is 6.76. The van der Waals surface area contributed by atoms with Crippen LogP contribution in [0.5, 0.6) is 0 Å². The summed E-state index contributed by atoms with van der Waals surface area (Å²) in [6, 6.07) is 2.49. The number of amides is 2. The van der Waals surface area contributed by atoms with Gasteiger partial charge in [0.1, 0.15) is 5.60 Å². The molecule has 1 heterocycles. The zero-order chi connectivity index (χ0) is 21.0. The molecule has 1 aliphatic rings. The van der Waals surface area contributed by atoms with Crippen LogP contribution in [0.4, 0.5) is 4.79 Å². The fourth-order valence-corrected chi connectivity index (χ4v) is 6.23. The molecule has 158 valence electrons. The highest BCUT2D eigenvalue weighted by Gasteiger charge is 2.44. The third-order valence-electron chi connectivity index (χ3n) is 5.04. The first-order chi connectivity index (χ1) is 12.1. The molecule has 4 nitrogen and oxygen atoms in total. The second-order valence-electron chi connectivity index (χ2n) is 11.7. The molecule has 0 radical (unpaired) electrons. The van der Waals surface area contributed by atoms with Crippen molar-refractivity contribution < 1.29 is 14.3 Å². The third-order valence-corrected chi connectivity index (χ3v) is 8.75. The van der Waals surface area contributed by atoms with E-state index in [2.05, 4.69) is 39.3 Å². The Morgan fingerprint density at radius 1 is 1.00 bits per heavy atom. The average Bonchev–Trinajstić information content (AvgIpc) is 2.70. The van der Waals surface area contributed by atoms with Crippen molar-refractivity contribution >= 4 is 28.1 Å². The Labute approximate surface area is 169 Å². The number of hydrogen-bond donors (Lipinski definition) is 0. The van der Waals surface area contributed by atoms with Crippen molar-refractivity contribution in [3.05, 3.63) is 0 Å². The molecule has 1 aliphatic heterocycles. The molecule has 1 fully saturated rings. The number of hydrogen-bond acceptors (Lipinski definition) is 3. The van der Waals surface area contributed by atoms with Crippen molar-refractivity contribution in [3.8, 4) is 0 Å². The summed E-state index contributed by atoms with van der Waals surface area (Å²) < 4.78 is 5.56. The molecular weight excluding hydrogens is 370 g/mol. The summed E-state index contributed by atoms with van der Waals surface area (Å²) in [4.78, 5) is 27.2. The molecule has 2 atom stereocenters. The third kappa shape index (κ3) is 9.41. The number of nitrogens with zero attached hydrogens (tertiary/aromatic N) is 1. The van der Waals surface area contributed by atoms with Gasteiger partial charge in [0.25, 0.3) is 0 Å². The first kappa shape index (κ1) is 24.4. The summed E-state index contributed by atoms with van der Waals surface area (Å²) >= 11 is 0. The molecule has 0 aromatic heterocycles. The van der Waals surface area contributed by atoms with Gasteiger partial charge in [-0.05, 0) is 40.0 Å². The van der Waals surface area contributed by atoms with Crippen molar-refractivity contribution in [2.24, 2.45) is 5.92 Å². The van der Waals surface area contributed by atoms with Crippen LogP contribution in [0, 0.1) is 5.92 Å². The largest absolute Gasteiger partial charge is 0.443 e. The molecule has 0 aromatic rings. The highest BCUT2D eigenvalue weighted by Crippen LogP contribution is 2.34. The van der Waals surface area contributed by atoms with E-state index in [0.29, 0.717) is 0 Å². The van der Waals surface area contributed by atoms with E-state index in [9.17, 15) is 9.59 Å². The second-order valence-corrected chi connectivity index (χ2v) is 22.9. The van der Waals surface area contributed by atoms with Crippen LogP contribution in [-0.2, 0) is 9.53 Å². The van der Waals surface area contributed by atoms with Crippen molar-refractivity contribution in [1.29, 1.82) is 0 Å². The molecule has 0 unspecified atom stereocenters. The molecular formula is C21H43NO3Si2. The Bertz CT molecular complexity index is 515. The van der Waals surface area contributed by atoms with Crippen LogP contribution >= 0.6 is 0 Å². The van der Waals surface area contributed by atoms with E-state index in [1.807, 2.05) is 20.8 Å². The number of carbonyl (C=O) groups excluding carboxylic acids is 2. The van der Waals surface area contributed by atoms with Crippen molar-refractivity contribution in [3.63, 3.8) is 0 Å². The van der Waals surface area contributed by atoms with Gasteiger partial charge in [-0.15, -0.1) is 0 Å². The van der Waals surface area contributed by atoms with Crippen LogP contribution in [0.15, 0.2) is 0 Å². The van der Waals surface area contributed by atoms with E-state index < -0.39 is 27.8 Å². The maximum atomic E-state index is 13.0. The quantitative estimate of drug-likeness (QED) is 0.434. The molecule has 0 N–H and O–H groups in total. The Morgan fingerprint density at radius 3 is 1.93 bits per heavy atom. The van der Waals surface area contributed by atoms with Gasteiger partial charge in [-0.3, -0.25) is 4.79 Å². The lowest BCUT2D eigenvalue weighted by Crippen LogP contribution is -2.43. The molecule has 0 aliphatic carbocycles. The van der Waals surface area contributed by atoms with E-state index in [1.165, 1.54) is 17.0 Å². The molecule has 1 rings (SSSR count). The normalized spacial score (nSPS) is 21.7. The van der Waals surface area contributed by atoms with Crippen LogP contribution in [0.1, 0.15) is 52.9 Å². The Morgan fingerprint density at radius 2 is 1.48 bits per heavy atom. The predicted octanol–water partition coefficient (Wildman–Crippen LogP) is 6.38. The Hall–Kier alpha value is -0.626. The number of carbonyl (C=O) groups is 2. The Balaban J connectivity index is 2.79. The van der Waals surface area contributed by atoms with E-state index in [-0.39, 0.29) is 17.9 Å². The van der Waals surface area contributed by atoms with Crippen LogP contribution in [0.3, 0.4) is 0 Å². The molecule has 1 saturated heterocycles. The highest BCUT2D eigenvalue weighted by atomic mass is 28.3. The van der Waals surface area contributed by atoms with Gasteiger partial charge >= 0.3 is 6.09 Å². The summed E-state index contributed by atoms with van der Waals surface area (Å²) in [7, 11) is -2.20. The zero-order valence-corrected chi connectivity index (χ0v) is 21.3. The summed E-state index contributed by atoms with van der Waals surface area (Å²) in [6.07, 6.45) is 4.38. The predicted molar refractivity (Wildman–Crippen MR) is 120 cm³/mol. The van der Waals surface area contributed by atoms with Crippen LogP contribution in [-0.4, -0.2) is 44.7 Å². The smallest absolute Gasteiger partial charge is 0.417 e. The monoisotopic (exact) mass is 413 g/mol. The Kier molecular flexibility index (Phi) is 8.36. The van der Waals surface area contributed by atoms with Gasteiger partial charge in [-0.1, -0.05) is 64.2 Å². The first-order valence-corrected chi connectivity index (χ1v) is 18.1. The summed E-state index contributed by atoms with van der Waals surface area (Å²) in [6.45, 7) is 19.8. The van der Waals surface area contributed by atoms with Crippen LogP contribution in [0.2, 0.25) is 51.4 Å². The molecule has 0 aromatic carbocycles. The van der Waals surface area contributed by atoms with Gasteiger partial charge in [-0.2, -0.15) is 0 Å². The van der Waals surface area contributed by atoms with Crippen molar-refractivity contribution in [1.82, 2.24) is 4.90 Å². The van der Waals surface area contributed by atoms with Gasteiger partial charge in [0.15, 0.2) is 0 Å². The topological polar surface area (TPSA) is 46.6 Å². The van der Waals surface area contributed by atoms with Gasteiger partial charge in [0, 0.05) is 28.1 Å². The minimum Gasteiger partial charge on any atom is -0.443 e. The molecule has 2 amide bonds. The minimum absolute atomic E-state index is 0.00201. The van der Waals surface area contributed by atoms with Crippen molar-refractivity contribution in [2.75, 3.05) is 0 Å². The average molecular weight is 414 g/mol. The standard InChI is InChI=1S/C21H43NO3Si2/c1-21(2,3)25-20(24)22-18(13-11-15-27(7,8)9)16-17(19(22)23)12-10-14-26(4,5)6/h17-18H,10-16H2,1-9H3/t17-,18+/m1/s1. The SMILES string of the molecule is CC(C)(C)OC(=O)N1C(=O)[C@H](CCC[Si](C)(C)C)C[C@@H]1CCC[Si](C)(C)C. The van der Waals surface area contributed by atoms with Crippen molar-refractivity contribution in [2.45, 2.75) is 116 Å². The van der Waals surface area contributed by atoms with Gasteiger partial charge in [0.05, 0.1) is 0 Å². The number of ether oxygens (including phenoxy) is 1. The summed E-state index contributed by atoms with van der Waals surface area (Å²) in [5, 5.41) is 0. The molecule has 0 bridgehead atoms. The lowest BCUT2D eigenvalue weighted by molar-refractivity contribution is -0.131. The summed E-state index contributed by atoms with van der Waals surface area (Å²) in [5.41, 5.74) is -0.573. The fraction of sp³-hybridized carbons (Fsp3) is 0.905. The first-order valence-electron chi connectivity index (χ1n) is 10.7. The van der Waals surface area contributed by atoms with Gasteiger partial charge < -0.3 is 4.74 Å². The molecule has 6 heteroatoms. The van der Waals surface area contributed by atoms with Crippen LogP contribution in [0.25, 0.3) is 0 Å². The number of rotatable bonds is 8. The maximum absolute atomic E-state index is 13.0. The molecule has 0 spiro atoms. The molecule has 0 saturated carbocycles. The number of likely N-dealkylation sites (tertiary alicyclic amines) is 1. The zero-order valence-electron chi connectivity index (χ0n) is 19.3. The minimum atomic E-state index is -1.11.